The average molecular weight is 478 g/mol. The second-order valence-electron chi connectivity index (χ2n) is 10.5. The van der Waals surface area contributed by atoms with E-state index in [1.54, 1.807) is 17.2 Å². The summed E-state index contributed by atoms with van der Waals surface area (Å²) in [5.74, 6) is 1.98. The molecule has 0 unspecified atom stereocenters. The van der Waals surface area contributed by atoms with Gasteiger partial charge in [-0.1, -0.05) is 32.8 Å². The summed E-state index contributed by atoms with van der Waals surface area (Å²) < 4.78 is 18.5. The van der Waals surface area contributed by atoms with Crippen LogP contribution in [0.4, 0.5) is 0 Å². The number of nitrogens with zero attached hydrogens (tertiary/aromatic N) is 2. The van der Waals surface area contributed by atoms with Gasteiger partial charge in [-0.05, 0) is 42.9 Å². The monoisotopic (exact) mass is 477 g/mol. The molecule has 1 N–H and O–H groups in total. The van der Waals surface area contributed by atoms with Gasteiger partial charge < -0.3 is 28.7 Å². The van der Waals surface area contributed by atoms with Crippen LogP contribution in [0.2, 0.25) is 0 Å². The summed E-state index contributed by atoms with van der Waals surface area (Å²) >= 11 is 0. The van der Waals surface area contributed by atoms with Crippen LogP contribution in [0.1, 0.15) is 56.1 Å². The summed E-state index contributed by atoms with van der Waals surface area (Å²) in [5, 5.41) is 3.34. The lowest BCUT2D eigenvalue weighted by atomic mass is 9.77. The summed E-state index contributed by atoms with van der Waals surface area (Å²) in [6, 6.07) is 9.38. The number of hydrogen-bond donors (Lipinski definition) is 1. The highest BCUT2D eigenvalue weighted by molar-refractivity contribution is 6.02. The zero-order valence-electron chi connectivity index (χ0n) is 20.4. The Bertz CT molecular complexity index is 1310. The van der Waals surface area contributed by atoms with E-state index in [1.165, 1.54) is 6.42 Å². The molecule has 6 rings (SSSR count). The Balaban J connectivity index is 1.37. The fraction of sp³-hybridized carbons (Fsp3) is 0.481. The summed E-state index contributed by atoms with van der Waals surface area (Å²) in [7, 11) is 0. The number of aromatic nitrogens is 1. The summed E-state index contributed by atoms with van der Waals surface area (Å²) in [6.07, 6.45) is 4.86. The van der Waals surface area contributed by atoms with Gasteiger partial charge in [0, 0.05) is 24.7 Å². The van der Waals surface area contributed by atoms with Crippen LogP contribution in [0, 0.1) is 11.8 Å². The highest BCUT2D eigenvalue weighted by Crippen LogP contribution is 2.37. The number of amides is 2. The van der Waals surface area contributed by atoms with Crippen molar-refractivity contribution >= 4 is 22.9 Å². The van der Waals surface area contributed by atoms with Gasteiger partial charge in [-0.2, -0.15) is 0 Å². The molecule has 4 heterocycles. The second-order valence-corrected chi connectivity index (χ2v) is 10.5. The van der Waals surface area contributed by atoms with Gasteiger partial charge in [0.1, 0.15) is 11.2 Å². The van der Waals surface area contributed by atoms with E-state index in [1.807, 2.05) is 35.8 Å². The first-order valence-corrected chi connectivity index (χ1v) is 12.4. The van der Waals surface area contributed by atoms with E-state index >= 15 is 0 Å². The molecule has 0 saturated heterocycles. The van der Waals surface area contributed by atoms with Crippen molar-refractivity contribution in [3.63, 3.8) is 0 Å². The third kappa shape index (κ3) is 3.49. The Kier molecular flexibility index (Phi) is 5.09. The molecule has 8 nitrogen and oxygen atoms in total. The van der Waals surface area contributed by atoms with Gasteiger partial charge in [0.15, 0.2) is 17.1 Å². The fourth-order valence-electron chi connectivity index (χ4n) is 5.85. The van der Waals surface area contributed by atoms with E-state index in [0.717, 1.165) is 23.9 Å². The molecular weight excluding hydrogens is 446 g/mol. The van der Waals surface area contributed by atoms with Gasteiger partial charge in [-0.3, -0.25) is 9.59 Å². The van der Waals surface area contributed by atoms with Crippen LogP contribution in [0.3, 0.4) is 0 Å². The lowest BCUT2D eigenvalue weighted by molar-refractivity contribution is -0.134. The number of furan rings is 1. The predicted molar refractivity (Wildman–Crippen MR) is 129 cm³/mol. The van der Waals surface area contributed by atoms with E-state index in [9.17, 15) is 9.59 Å². The van der Waals surface area contributed by atoms with Gasteiger partial charge in [0.05, 0.1) is 18.3 Å². The van der Waals surface area contributed by atoms with E-state index in [2.05, 4.69) is 19.2 Å². The third-order valence-electron chi connectivity index (χ3n) is 8.34. The van der Waals surface area contributed by atoms with Gasteiger partial charge in [0.25, 0.3) is 5.91 Å². The predicted octanol–water partition coefficient (Wildman–Crippen LogP) is 4.32. The molecule has 1 saturated carbocycles. The minimum atomic E-state index is -1.08. The first kappa shape index (κ1) is 22.1. The van der Waals surface area contributed by atoms with Gasteiger partial charge in [0.2, 0.25) is 12.7 Å². The van der Waals surface area contributed by atoms with Crippen molar-refractivity contribution in [3.05, 3.63) is 47.9 Å². The molecule has 8 heteroatoms. The van der Waals surface area contributed by atoms with Crippen LogP contribution >= 0.6 is 0 Å². The van der Waals surface area contributed by atoms with Crippen LogP contribution in [-0.2, 0) is 17.9 Å². The minimum Gasteiger partial charge on any atom is -0.463 e. The van der Waals surface area contributed by atoms with Crippen molar-refractivity contribution in [2.45, 2.75) is 64.7 Å². The third-order valence-corrected chi connectivity index (χ3v) is 8.34. The molecule has 3 aromatic rings. The van der Waals surface area contributed by atoms with Crippen LogP contribution in [0.15, 0.2) is 41.0 Å². The Labute approximate surface area is 204 Å². The molecule has 0 radical (unpaired) electrons. The molecule has 1 aromatic carbocycles. The fourth-order valence-corrected chi connectivity index (χ4v) is 5.85. The largest absolute Gasteiger partial charge is 0.463 e. The van der Waals surface area contributed by atoms with Gasteiger partial charge in [-0.15, -0.1) is 0 Å². The normalized spacial score (nSPS) is 27.8. The molecule has 2 aromatic heterocycles. The molecule has 1 fully saturated rings. The lowest BCUT2D eigenvalue weighted by Crippen LogP contribution is -2.65. The molecular formula is C27H31N3O5. The Morgan fingerprint density at radius 3 is 2.83 bits per heavy atom. The highest BCUT2D eigenvalue weighted by Gasteiger charge is 2.49. The SMILES string of the molecule is C[C@@H]1[C@H](C)CCC[C@@H]1NC(=O)[C@@]1(C)Cn2c(cc3occc32)C(=O)N1Cc1ccc2c(c1)OCO2. The average Bonchev–Trinajstić information content (AvgIpc) is 3.56. The van der Waals surface area contributed by atoms with Gasteiger partial charge >= 0.3 is 0 Å². The Hall–Kier alpha value is -3.42. The molecule has 3 aliphatic rings. The van der Waals surface area contributed by atoms with E-state index in [0.29, 0.717) is 41.2 Å². The molecule has 0 spiro atoms. The molecule has 35 heavy (non-hydrogen) atoms. The van der Waals surface area contributed by atoms with Crippen molar-refractivity contribution in [1.29, 1.82) is 0 Å². The number of ether oxygens (including phenoxy) is 2. The maximum Gasteiger partial charge on any atom is 0.271 e. The number of carbonyl (C=O) groups is 2. The molecule has 184 valence electrons. The Morgan fingerprint density at radius 2 is 1.97 bits per heavy atom. The topological polar surface area (TPSA) is 85.9 Å². The summed E-state index contributed by atoms with van der Waals surface area (Å²) in [4.78, 5) is 29.6. The number of nitrogens with one attached hydrogen (secondary N) is 1. The number of fused-ring (bicyclic) bond motifs is 4. The first-order chi connectivity index (χ1) is 16.8. The summed E-state index contributed by atoms with van der Waals surface area (Å²) in [5.41, 5.74) is 1.81. The second kappa shape index (κ2) is 8.07. The van der Waals surface area contributed by atoms with Crippen molar-refractivity contribution in [2.75, 3.05) is 6.79 Å². The maximum absolute atomic E-state index is 14.0. The zero-order valence-corrected chi connectivity index (χ0v) is 20.4. The maximum atomic E-state index is 14.0. The molecule has 2 amide bonds. The van der Waals surface area contributed by atoms with Crippen molar-refractivity contribution in [3.8, 4) is 11.5 Å². The first-order valence-electron chi connectivity index (χ1n) is 12.4. The standard InChI is InChI=1S/C27H31N3O5/c1-16-5-4-6-19(17(16)2)28-26(32)27(3)14-29-20-9-10-33-23(20)12-21(29)25(31)30(27)13-18-7-8-22-24(11-18)35-15-34-22/h7-12,16-17,19H,4-6,13-15H2,1-3H3,(H,28,32)/t16-,17-,19+,27-/m1/s1. The van der Waals surface area contributed by atoms with Crippen molar-refractivity contribution < 1.29 is 23.5 Å². The quantitative estimate of drug-likeness (QED) is 0.605. The smallest absolute Gasteiger partial charge is 0.271 e. The van der Waals surface area contributed by atoms with Crippen molar-refractivity contribution in [1.82, 2.24) is 14.8 Å². The van der Waals surface area contributed by atoms with E-state index in [4.69, 9.17) is 13.9 Å². The van der Waals surface area contributed by atoms with Crippen molar-refractivity contribution in [2.24, 2.45) is 11.8 Å². The molecule has 2 aliphatic heterocycles. The zero-order chi connectivity index (χ0) is 24.3. The molecule has 1 aliphatic carbocycles. The van der Waals surface area contributed by atoms with Crippen LogP contribution < -0.4 is 14.8 Å². The van der Waals surface area contributed by atoms with E-state index < -0.39 is 5.54 Å². The molecule has 0 bridgehead atoms. The van der Waals surface area contributed by atoms with Crippen LogP contribution in [0.5, 0.6) is 11.5 Å². The van der Waals surface area contributed by atoms with Crippen LogP contribution in [-0.4, -0.2) is 39.7 Å². The van der Waals surface area contributed by atoms with Crippen LogP contribution in [0.25, 0.3) is 11.1 Å². The Morgan fingerprint density at radius 1 is 1.14 bits per heavy atom. The summed E-state index contributed by atoms with van der Waals surface area (Å²) in [6.45, 7) is 7.16. The van der Waals surface area contributed by atoms with E-state index in [-0.39, 0.29) is 31.2 Å². The number of hydrogen-bond acceptors (Lipinski definition) is 5. The lowest BCUT2D eigenvalue weighted by Gasteiger charge is -2.45. The number of carbonyl (C=O) groups excluding carboxylic acids is 2. The molecule has 4 atom stereocenters. The minimum absolute atomic E-state index is 0.102. The highest BCUT2D eigenvalue weighted by atomic mass is 16.7. The number of benzene rings is 1. The van der Waals surface area contributed by atoms with Gasteiger partial charge in [-0.25, -0.2) is 0 Å². The number of rotatable bonds is 4.